The first-order valence-corrected chi connectivity index (χ1v) is 10.0. The van der Waals surface area contributed by atoms with Crippen molar-refractivity contribution in [3.63, 3.8) is 0 Å². The topological polar surface area (TPSA) is 49.8 Å². The van der Waals surface area contributed by atoms with Gasteiger partial charge in [-0.25, -0.2) is 0 Å². The second kappa shape index (κ2) is 7.87. The highest BCUT2D eigenvalue weighted by Crippen LogP contribution is 2.24. The highest BCUT2D eigenvalue weighted by atomic mass is 35.5. The lowest BCUT2D eigenvalue weighted by Gasteiger charge is -2.37. The fourth-order valence-corrected chi connectivity index (χ4v) is 3.58. The molecule has 1 aliphatic rings. The van der Waals surface area contributed by atoms with Gasteiger partial charge in [-0.15, -0.1) is 0 Å². The van der Waals surface area contributed by atoms with Crippen molar-refractivity contribution in [3.05, 3.63) is 28.8 Å². The van der Waals surface area contributed by atoms with Crippen LogP contribution >= 0.6 is 11.6 Å². The van der Waals surface area contributed by atoms with Gasteiger partial charge in [0, 0.05) is 47.0 Å². The van der Waals surface area contributed by atoms with Crippen LogP contribution < -0.4 is 5.46 Å². The van der Waals surface area contributed by atoms with Crippen LogP contribution in [0.2, 0.25) is 5.02 Å². The Bertz CT molecular complexity index is 594. The smallest absolute Gasteiger partial charge is 0.330 e. The van der Waals surface area contributed by atoms with E-state index in [2.05, 4.69) is 4.90 Å². The maximum absolute atomic E-state index is 11.4. The summed E-state index contributed by atoms with van der Waals surface area (Å²) < 4.78 is 17.2. The zero-order chi connectivity index (χ0) is 18.0. The van der Waals surface area contributed by atoms with E-state index in [4.69, 9.17) is 16.3 Å². The van der Waals surface area contributed by atoms with Gasteiger partial charge in [-0.2, -0.15) is 0 Å². The maximum Gasteiger partial charge on any atom is 0.330 e. The summed E-state index contributed by atoms with van der Waals surface area (Å²) in [6.07, 6.45) is 0. The van der Waals surface area contributed by atoms with Crippen LogP contribution in [0.25, 0.3) is 0 Å². The minimum atomic E-state index is -0.957. The molecule has 1 radical (unpaired) electrons. The lowest BCUT2D eigenvalue weighted by Crippen LogP contribution is -2.49. The van der Waals surface area contributed by atoms with E-state index in [-0.39, 0.29) is 0 Å². The molecule has 1 saturated heterocycles. The Morgan fingerprint density at radius 1 is 1.29 bits per heavy atom. The van der Waals surface area contributed by atoms with Gasteiger partial charge in [0.15, 0.2) is 0 Å². The molecule has 133 valence electrons. The summed E-state index contributed by atoms with van der Waals surface area (Å²) in [6.45, 7) is 9.61. The second-order valence-corrected chi connectivity index (χ2v) is 9.38. The number of nitrogens with zero attached hydrogens (tertiary/aromatic N) is 1. The minimum absolute atomic E-state index is 0.663. The highest BCUT2D eigenvalue weighted by molar-refractivity contribution is 7.85. The fraction of sp³-hybridized carbons (Fsp3) is 0.647. The molecule has 1 aromatic rings. The Hall–Kier alpha value is -0.395. The van der Waals surface area contributed by atoms with Crippen LogP contribution in [0.15, 0.2) is 18.2 Å². The lowest BCUT2D eigenvalue weighted by molar-refractivity contribution is -0.0893. The molecule has 0 bridgehead atoms. The summed E-state index contributed by atoms with van der Waals surface area (Å²) in [4.78, 5) is 2.28. The number of rotatable bonds is 6. The molecule has 1 heterocycles. The van der Waals surface area contributed by atoms with Crippen LogP contribution in [0.3, 0.4) is 0 Å². The van der Waals surface area contributed by atoms with Gasteiger partial charge in [0.25, 0.3) is 0 Å². The Labute approximate surface area is 153 Å². The first kappa shape index (κ1) is 19.9. The Balaban J connectivity index is 1.96. The Morgan fingerprint density at radius 3 is 2.46 bits per heavy atom. The van der Waals surface area contributed by atoms with Crippen LogP contribution in [0, 0.1) is 0 Å². The van der Waals surface area contributed by atoms with Crippen molar-refractivity contribution >= 4 is 35.3 Å². The zero-order valence-corrected chi connectivity index (χ0v) is 16.4. The van der Waals surface area contributed by atoms with Crippen molar-refractivity contribution in [2.75, 3.05) is 24.6 Å². The summed E-state index contributed by atoms with van der Waals surface area (Å²) in [5.41, 5.74) is 0.257. The molecule has 0 spiro atoms. The van der Waals surface area contributed by atoms with E-state index in [1.807, 2.05) is 32.0 Å². The zero-order valence-electron chi connectivity index (χ0n) is 14.8. The quantitative estimate of drug-likeness (QED) is 0.775. The summed E-state index contributed by atoms with van der Waals surface area (Å²) in [6, 6.07) is 5.84. The van der Waals surface area contributed by atoms with Gasteiger partial charge in [-0.1, -0.05) is 29.2 Å². The van der Waals surface area contributed by atoms with E-state index >= 15 is 0 Å². The molecular weight excluding hydrogens is 345 g/mol. The minimum Gasteiger partial charge on any atom is -0.427 e. The van der Waals surface area contributed by atoms with Crippen molar-refractivity contribution in [2.24, 2.45) is 0 Å². The summed E-state index contributed by atoms with van der Waals surface area (Å²) in [5, 5.41) is 10.8. The summed E-state index contributed by atoms with van der Waals surface area (Å²) in [5.74, 6) is 1.48. The van der Waals surface area contributed by atoms with Gasteiger partial charge in [0.2, 0.25) is 0 Å². The van der Waals surface area contributed by atoms with Crippen molar-refractivity contribution < 1.29 is 14.0 Å². The lowest BCUT2D eigenvalue weighted by atomic mass is 9.82. The molecule has 1 aromatic carbocycles. The van der Waals surface area contributed by atoms with Crippen LogP contribution in [0.1, 0.15) is 33.3 Å². The molecule has 0 unspecified atom stereocenters. The van der Waals surface area contributed by atoms with Gasteiger partial charge < -0.3 is 9.76 Å². The monoisotopic (exact) mass is 370 g/mol. The number of hydrogen-bond donors (Lipinski definition) is 1. The molecule has 1 fully saturated rings. The standard InChI is InChI=1S/C17H26BClNO3S/c1-16(2,21)17(3,4)23-18-14-6-5-13(15(19)11-14)12-20-7-9-24(22)10-8-20/h5-6,11,21H,7-10,12H2,1-4H3. The van der Waals surface area contributed by atoms with Gasteiger partial charge in [0.05, 0.1) is 11.2 Å². The van der Waals surface area contributed by atoms with Crippen LogP contribution in [0.4, 0.5) is 0 Å². The molecule has 0 aliphatic carbocycles. The van der Waals surface area contributed by atoms with Crippen molar-refractivity contribution in [3.8, 4) is 0 Å². The Kier molecular flexibility index (Phi) is 6.54. The summed E-state index contributed by atoms with van der Waals surface area (Å²) in [7, 11) is 0.973. The average Bonchev–Trinajstić information content (AvgIpc) is 2.49. The van der Waals surface area contributed by atoms with Gasteiger partial charge in [0.1, 0.15) is 0 Å². The third-order valence-corrected chi connectivity index (χ3v) is 6.33. The van der Waals surface area contributed by atoms with Crippen molar-refractivity contribution in [1.82, 2.24) is 4.90 Å². The molecule has 0 atom stereocenters. The normalized spacial score (nSPS) is 17.9. The number of halogens is 1. The van der Waals surface area contributed by atoms with Gasteiger partial charge >= 0.3 is 7.48 Å². The molecule has 0 amide bonds. The van der Waals surface area contributed by atoms with Crippen LogP contribution in [-0.2, 0) is 22.0 Å². The predicted molar refractivity (Wildman–Crippen MR) is 101 cm³/mol. The number of benzene rings is 1. The second-order valence-electron chi connectivity index (χ2n) is 7.28. The van der Waals surface area contributed by atoms with E-state index in [1.165, 1.54) is 0 Å². The van der Waals surface area contributed by atoms with E-state index in [9.17, 15) is 9.32 Å². The van der Waals surface area contributed by atoms with Crippen LogP contribution in [0.5, 0.6) is 0 Å². The maximum atomic E-state index is 11.4. The molecule has 24 heavy (non-hydrogen) atoms. The van der Waals surface area contributed by atoms with E-state index < -0.39 is 22.0 Å². The molecule has 1 N–H and O–H groups in total. The third kappa shape index (κ3) is 5.30. The molecule has 0 saturated carbocycles. The Morgan fingerprint density at radius 2 is 1.92 bits per heavy atom. The molecule has 4 nitrogen and oxygen atoms in total. The number of aliphatic hydroxyl groups is 1. The largest absolute Gasteiger partial charge is 0.427 e. The average molecular weight is 371 g/mol. The van der Waals surface area contributed by atoms with Crippen molar-refractivity contribution in [1.29, 1.82) is 0 Å². The molecule has 1 aliphatic heterocycles. The predicted octanol–water partition coefficient (Wildman–Crippen LogP) is 1.71. The SMILES string of the molecule is CC(C)(O)C(C)(C)O[B]c1ccc(CN2CCS(=O)CC2)c(Cl)c1. The molecular formula is C17H26BClNO3S. The van der Waals surface area contributed by atoms with E-state index in [1.54, 1.807) is 21.3 Å². The number of hydrogen-bond acceptors (Lipinski definition) is 4. The van der Waals surface area contributed by atoms with E-state index in [0.717, 1.165) is 42.2 Å². The first-order chi connectivity index (χ1) is 11.1. The summed E-state index contributed by atoms with van der Waals surface area (Å²) >= 11 is 6.41. The van der Waals surface area contributed by atoms with Crippen molar-refractivity contribution in [2.45, 2.75) is 45.4 Å². The van der Waals surface area contributed by atoms with E-state index in [0.29, 0.717) is 5.02 Å². The van der Waals surface area contributed by atoms with Gasteiger partial charge in [-0.05, 0) is 39.3 Å². The molecule has 7 heteroatoms. The van der Waals surface area contributed by atoms with Crippen LogP contribution in [-0.4, -0.2) is 57.5 Å². The highest BCUT2D eigenvalue weighted by Gasteiger charge is 2.35. The molecule has 2 rings (SSSR count). The fourth-order valence-electron chi connectivity index (χ4n) is 2.20. The van der Waals surface area contributed by atoms with Gasteiger partial charge in [-0.3, -0.25) is 9.11 Å². The molecule has 0 aromatic heterocycles. The third-order valence-electron chi connectivity index (χ3n) is 4.70. The first-order valence-electron chi connectivity index (χ1n) is 8.18.